The Hall–Kier alpha value is -2.00. The highest BCUT2D eigenvalue weighted by Gasteiger charge is 2.42. The molecule has 1 fully saturated rings. The van der Waals surface area contributed by atoms with Gasteiger partial charge in [0, 0.05) is 15.6 Å². The van der Waals surface area contributed by atoms with Crippen molar-refractivity contribution in [1.29, 1.82) is 0 Å². The second-order valence-electron chi connectivity index (χ2n) is 5.96. The Bertz CT molecular complexity index is 737. The van der Waals surface area contributed by atoms with E-state index < -0.39 is 5.60 Å². The van der Waals surface area contributed by atoms with Crippen LogP contribution < -0.4 is 0 Å². The third-order valence-electron chi connectivity index (χ3n) is 4.68. The molecule has 118 valence electrons. The fourth-order valence-electron chi connectivity index (χ4n) is 3.60. The Kier molecular flexibility index (Phi) is 4.58. The molecule has 0 aromatic heterocycles. The summed E-state index contributed by atoms with van der Waals surface area (Å²) in [4.78, 5) is 2.90. The second kappa shape index (κ2) is 6.63. The van der Waals surface area contributed by atoms with E-state index in [4.69, 9.17) is 17.1 Å². The minimum atomic E-state index is -1.20. The van der Waals surface area contributed by atoms with Gasteiger partial charge in [0.15, 0.2) is 0 Å². The lowest BCUT2D eigenvalue weighted by Gasteiger charge is -2.36. The molecule has 0 amide bonds. The van der Waals surface area contributed by atoms with Gasteiger partial charge in [-0.25, -0.2) is 0 Å². The van der Waals surface area contributed by atoms with Gasteiger partial charge in [0.05, 0.1) is 0 Å². The molecule has 1 atom stereocenters. The lowest BCUT2D eigenvalue weighted by Crippen LogP contribution is -2.35. The third kappa shape index (κ3) is 2.93. The van der Waals surface area contributed by atoms with Gasteiger partial charge in [0.2, 0.25) is 0 Å². The van der Waals surface area contributed by atoms with E-state index >= 15 is 0 Å². The highest BCUT2D eigenvalue weighted by atomic mass is 35.5. The van der Waals surface area contributed by atoms with E-state index in [0.717, 1.165) is 31.2 Å². The SMILES string of the molecule is [N-]=[N+]=Nc1ccc(Cl)cc1C(O)(c1ccccc1)C1CCCC1. The van der Waals surface area contributed by atoms with Crippen LogP contribution in [-0.2, 0) is 5.60 Å². The molecule has 1 aliphatic rings. The van der Waals surface area contributed by atoms with Crippen molar-refractivity contribution in [3.8, 4) is 0 Å². The normalized spacial score (nSPS) is 17.5. The van der Waals surface area contributed by atoms with Crippen LogP contribution in [0.25, 0.3) is 10.4 Å². The summed E-state index contributed by atoms with van der Waals surface area (Å²) in [7, 11) is 0. The standard InChI is InChI=1S/C18H18ClN3O/c19-15-10-11-17(21-22-20)16(12-15)18(23,14-8-4-5-9-14)13-6-2-1-3-7-13/h1-3,6-7,10-12,14,23H,4-5,8-9H2. The van der Waals surface area contributed by atoms with Crippen LogP contribution in [0.2, 0.25) is 5.02 Å². The second-order valence-corrected chi connectivity index (χ2v) is 6.40. The first-order valence-corrected chi connectivity index (χ1v) is 8.17. The zero-order valence-electron chi connectivity index (χ0n) is 12.7. The molecule has 0 aliphatic heterocycles. The number of aliphatic hydroxyl groups is 1. The van der Waals surface area contributed by atoms with Crippen molar-refractivity contribution in [2.24, 2.45) is 11.0 Å². The lowest BCUT2D eigenvalue weighted by molar-refractivity contribution is 0.0194. The molecule has 2 aromatic rings. The summed E-state index contributed by atoms with van der Waals surface area (Å²) in [6, 6.07) is 14.6. The van der Waals surface area contributed by atoms with Crippen molar-refractivity contribution in [3.63, 3.8) is 0 Å². The fourth-order valence-corrected chi connectivity index (χ4v) is 3.77. The lowest BCUT2D eigenvalue weighted by atomic mass is 9.74. The van der Waals surface area contributed by atoms with Crippen LogP contribution in [-0.4, -0.2) is 5.11 Å². The largest absolute Gasteiger partial charge is 0.380 e. The van der Waals surface area contributed by atoms with E-state index in [1.54, 1.807) is 18.2 Å². The molecule has 0 saturated heterocycles. The number of hydrogen-bond acceptors (Lipinski definition) is 2. The molecular formula is C18H18ClN3O. The van der Waals surface area contributed by atoms with Gasteiger partial charge in [-0.3, -0.25) is 0 Å². The molecule has 5 heteroatoms. The summed E-state index contributed by atoms with van der Waals surface area (Å²) in [5.41, 5.74) is 9.48. The van der Waals surface area contributed by atoms with Crippen LogP contribution in [0.1, 0.15) is 36.8 Å². The summed E-state index contributed by atoms with van der Waals surface area (Å²) in [6.45, 7) is 0. The molecule has 1 saturated carbocycles. The van der Waals surface area contributed by atoms with Crippen LogP contribution in [0.4, 0.5) is 5.69 Å². The van der Waals surface area contributed by atoms with Crippen LogP contribution in [0.5, 0.6) is 0 Å². The molecule has 1 N–H and O–H groups in total. The fraction of sp³-hybridized carbons (Fsp3) is 0.333. The molecule has 1 unspecified atom stereocenters. The van der Waals surface area contributed by atoms with Gasteiger partial charge < -0.3 is 5.11 Å². The summed E-state index contributed by atoms with van der Waals surface area (Å²) >= 11 is 6.17. The van der Waals surface area contributed by atoms with Crippen molar-refractivity contribution in [2.45, 2.75) is 31.3 Å². The Balaban J connectivity index is 2.24. The number of benzene rings is 2. The average molecular weight is 328 g/mol. The zero-order chi connectivity index (χ0) is 16.3. The summed E-state index contributed by atoms with van der Waals surface area (Å²) in [5, 5.41) is 16.0. The van der Waals surface area contributed by atoms with Gasteiger partial charge in [-0.2, -0.15) is 0 Å². The maximum atomic E-state index is 11.7. The minimum Gasteiger partial charge on any atom is -0.380 e. The quantitative estimate of drug-likeness (QED) is 0.436. The van der Waals surface area contributed by atoms with Gasteiger partial charge in [-0.1, -0.05) is 66.0 Å². The van der Waals surface area contributed by atoms with E-state index in [-0.39, 0.29) is 5.92 Å². The van der Waals surface area contributed by atoms with Crippen molar-refractivity contribution < 1.29 is 5.11 Å². The number of nitrogens with zero attached hydrogens (tertiary/aromatic N) is 3. The van der Waals surface area contributed by atoms with Gasteiger partial charge in [0.1, 0.15) is 5.60 Å². The van der Waals surface area contributed by atoms with Gasteiger partial charge in [-0.15, -0.1) is 0 Å². The third-order valence-corrected chi connectivity index (χ3v) is 4.92. The number of azide groups is 1. The smallest absolute Gasteiger partial charge is 0.118 e. The van der Waals surface area contributed by atoms with E-state index in [1.165, 1.54) is 0 Å². The predicted molar refractivity (Wildman–Crippen MR) is 91.7 cm³/mol. The predicted octanol–water partition coefficient (Wildman–Crippen LogP) is 5.71. The maximum absolute atomic E-state index is 11.7. The Morgan fingerprint density at radius 1 is 1.13 bits per heavy atom. The highest BCUT2D eigenvalue weighted by Crippen LogP contribution is 2.48. The molecule has 3 rings (SSSR count). The van der Waals surface area contributed by atoms with Crippen LogP contribution >= 0.6 is 11.6 Å². The van der Waals surface area contributed by atoms with Crippen molar-refractivity contribution >= 4 is 17.3 Å². The molecule has 4 nitrogen and oxygen atoms in total. The van der Waals surface area contributed by atoms with E-state index in [0.29, 0.717) is 16.3 Å². The number of rotatable bonds is 4. The van der Waals surface area contributed by atoms with Crippen LogP contribution in [0.3, 0.4) is 0 Å². The van der Waals surface area contributed by atoms with Gasteiger partial charge >= 0.3 is 0 Å². The van der Waals surface area contributed by atoms with Crippen LogP contribution in [0, 0.1) is 5.92 Å². The van der Waals surface area contributed by atoms with Gasteiger partial charge in [-0.05, 0) is 47.6 Å². The summed E-state index contributed by atoms with van der Waals surface area (Å²) in [6.07, 6.45) is 4.07. The van der Waals surface area contributed by atoms with E-state index in [2.05, 4.69) is 10.0 Å². The van der Waals surface area contributed by atoms with Crippen molar-refractivity contribution in [3.05, 3.63) is 75.1 Å². The molecule has 0 heterocycles. The van der Waals surface area contributed by atoms with Crippen molar-refractivity contribution in [2.75, 3.05) is 0 Å². The first-order valence-electron chi connectivity index (χ1n) is 7.79. The molecule has 1 aliphatic carbocycles. The Labute approximate surface area is 140 Å². The summed E-state index contributed by atoms with van der Waals surface area (Å²) < 4.78 is 0. The zero-order valence-corrected chi connectivity index (χ0v) is 13.4. The number of halogens is 1. The van der Waals surface area contributed by atoms with Crippen LogP contribution in [0.15, 0.2) is 53.6 Å². The topological polar surface area (TPSA) is 69.0 Å². The molecule has 0 spiro atoms. The number of hydrogen-bond donors (Lipinski definition) is 1. The van der Waals surface area contributed by atoms with E-state index in [9.17, 15) is 5.11 Å². The average Bonchev–Trinajstić information content (AvgIpc) is 3.12. The van der Waals surface area contributed by atoms with Gasteiger partial charge in [0.25, 0.3) is 0 Å². The molecule has 0 bridgehead atoms. The Morgan fingerprint density at radius 3 is 2.48 bits per heavy atom. The maximum Gasteiger partial charge on any atom is 0.118 e. The van der Waals surface area contributed by atoms with E-state index in [1.807, 2.05) is 30.3 Å². The molecule has 23 heavy (non-hydrogen) atoms. The minimum absolute atomic E-state index is 0.0796. The summed E-state index contributed by atoms with van der Waals surface area (Å²) in [5.74, 6) is 0.0796. The molecule has 0 radical (unpaired) electrons. The van der Waals surface area contributed by atoms with Crippen molar-refractivity contribution in [1.82, 2.24) is 0 Å². The first kappa shape index (κ1) is 15.9. The molecular weight excluding hydrogens is 310 g/mol. The molecule has 2 aromatic carbocycles. The monoisotopic (exact) mass is 327 g/mol. The Morgan fingerprint density at radius 2 is 1.83 bits per heavy atom. The first-order chi connectivity index (χ1) is 11.2. The highest BCUT2D eigenvalue weighted by molar-refractivity contribution is 6.30.